The summed E-state index contributed by atoms with van der Waals surface area (Å²) < 4.78 is 11.8. The Kier molecular flexibility index (Phi) is 5.05. The fraction of sp³-hybridized carbons (Fsp3) is 0.640. The van der Waals surface area contributed by atoms with Gasteiger partial charge in [0.15, 0.2) is 17.6 Å². The molecule has 31 heavy (non-hydrogen) atoms. The zero-order valence-corrected chi connectivity index (χ0v) is 18.2. The Hall–Kier alpha value is -2.21. The second-order valence-electron chi connectivity index (χ2n) is 9.88. The van der Waals surface area contributed by atoms with Crippen LogP contribution in [0.25, 0.3) is 0 Å². The van der Waals surface area contributed by atoms with Crippen molar-refractivity contribution in [3.05, 3.63) is 35.9 Å². The summed E-state index contributed by atoms with van der Waals surface area (Å²) in [6.07, 6.45) is 9.94. The van der Waals surface area contributed by atoms with Gasteiger partial charge in [0.2, 0.25) is 0 Å². The molecule has 1 aliphatic carbocycles. The normalized spacial score (nSPS) is 34.3. The number of amides is 2. The molecule has 2 amide bonds. The van der Waals surface area contributed by atoms with Crippen LogP contribution in [-0.4, -0.2) is 66.8 Å². The fourth-order valence-electron chi connectivity index (χ4n) is 6.67. The molecule has 0 spiro atoms. The lowest BCUT2D eigenvalue weighted by Crippen LogP contribution is -2.61. The summed E-state index contributed by atoms with van der Waals surface area (Å²) in [6, 6.07) is 8.79. The monoisotopic (exact) mass is 423 g/mol. The molecule has 0 aromatic heterocycles. The molecule has 1 aromatic rings. The number of fused-ring (bicyclic) bond motifs is 7. The predicted octanol–water partition coefficient (Wildman–Crippen LogP) is 3.43. The van der Waals surface area contributed by atoms with Crippen molar-refractivity contribution in [2.45, 2.75) is 56.7 Å². The van der Waals surface area contributed by atoms with Crippen molar-refractivity contribution in [3.8, 4) is 11.5 Å². The van der Waals surface area contributed by atoms with Gasteiger partial charge < -0.3 is 19.7 Å². The molecule has 4 heterocycles. The largest absolute Gasteiger partial charge is 0.486 e. The molecule has 6 rings (SSSR count). The van der Waals surface area contributed by atoms with Crippen molar-refractivity contribution < 1.29 is 14.3 Å². The molecule has 6 nitrogen and oxygen atoms in total. The molecule has 1 aromatic carbocycles. The zero-order valence-electron chi connectivity index (χ0n) is 18.2. The zero-order chi connectivity index (χ0) is 20.8. The van der Waals surface area contributed by atoms with Gasteiger partial charge in [-0.05, 0) is 62.6 Å². The molecule has 5 atom stereocenters. The molecule has 4 aliphatic heterocycles. The topological polar surface area (TPSA) is 54.0 Å². The summed E-state index contributed by atoms with van der Waals surface area (Å²) in [6.45, 7) is 4.18. The number of benzene rings is 1. The number of nitrogens with one attached hydrogen (secondary N) is 1. The summed E-state index contributed by atoms with van der Waals surface area (Å²) in [5.41, 5.74) is 1.53. The van der Waals surface area contributed by atoms with E-state index in [1.165, 1.54) is 37.8 Å². The SMILES string of the molecule is O=C(NCC1COc2ccccc2O1)N1CCCC2=C[C@@H]3C[C@H](CN4CCCC[C@@H]34)[C@H]21. The molecule has 3 saturated heterocycles. The van der Waals surface area contributed by atoms with Gasteiger partial charge in [0, 0.05) is 19.1 Å². The summed E-state index contributed by atoms with van der Waals surface area (Å²) in [5.74, 6) is 2.81. The molecule has 0 radical (unpaired) electrons. The highest BCUT2D eigenvalue weighted by atomic mass is 16.6. The molecule has 5 aliphatic rings. The molecular weight excluding hydrogens is 390 g/mol. The van der Waals surface area contributed by atoms with Gasteiger partial charge in [-0.1, -0.05) is 30.2 Å². The van der Waals surface area contributed by atoms with Crippen LogP contribution in [0.15, 0.2) is 35.9 Å². The van der Waals surface area contributed by atoms with E-state index in [2.05, 4.69) is 21.2 Å². The third kappa shape index (κ3) is 3.59. The van der Waals surface area contributed by atoms with E-state index < -0.39 is 0 Å². The number of carbonyl (C=O) groups is 1. The molecule has 166 valence electrons. The number of hydrogen-bond acceptors (Lipinski definition) is 4. The highest BCUT2D eigenvalue weighted by Gasteiger charge is 2.47. The molecule has 1 N–H and O–H groups in total. The van der Waals surface area contributed by atoms with Crippen LogP contribution in [0.1, 0.15) is 38.5 Å². The van der Waals surface area contributed by atoms with Gasteiger partial charge in [-0.2, -0.15) is 0 Å². The van der Waals surface area contributed by atoms with Crippen LogP contribution in [0, 0.1) is 11.8 Å². The quantitative estimate of drug-likeness (QED) is 0.741. The molecule has 2 bridgehead atoms. The van der Waals surface area contributed by atoms with Crippen molar-refractivity contribution >= 4 is 6.03 Å². The van der Waals surface area contributed by atoms with E-state index in [0.29, 0.717) is 25.0 Å². The second-order valence-corrected chi connectivity index (χ2v) is 9.88. The molecular formula is C25H33N3O3. The molecule has 0 saturated carbocycles. The lowest BCUT2D eigenvalue weighted by molar-refractivity contribution is 0.00747. The lowest BCUT2D eigenvalue weighted by atomic mass is 9.68. The lowest BCUT2D eigenvalue weighted by Gasteiger charge is -2.54. The first-order chi connectivity index (χ1) is 15.3. The minimum Gasteiger partial charge on any atom is -0.486 e. The Morgan fingerprint density at radius 2 is 2.03 bits per heavy atom. The number of likely N-dealkylation sites (tertiary alicyclic amines) is 1. The van der Waals surface area contributed by atoms with Crippen LogP contribution in [0.5, 0.6) is 11.5 Å². The van der Waals surface area contributed by atoms with Gasteiger partial charge in [0.1, 0.15) is 6.61 Å². The van der Waals surface area contributed by atoms with Crippen molar-refractivity contribution in [2.24, 2.45) is 11.8 Å². The van der Waals surface area contributed by atoms with Crippen LogP contribution in [0.3, 0.4) is 0 Å². The van der Waals surface area contributed by atoms with E-state index in [-0.39, 0.29) is 18.2 Å². The van der Waals surface area contributed by atoms with Gasteiger partial charge in [-0.15, -0.1) is 0 Å². The minimum atomic E-state index is -0.154. The minimum absolute atomic E-state index is 0.0530. The van der Waals surface area contributed by atoms with E-state index in [4.69, 9.17) is 9.47 Å². The van der Waals surface area contributed by atoms with Crippen LogP contribution in [0.2, 0.25) is 0 Å². The Labute approximate surface area is 184 Å². The van der Waals surface area contributed by atoms with Crippen molar-refractivity contribution in [1.82, 2.24) is 15.1 Å². The van der Waals surface area contributed by atoms with E-state index in [1.807, 2.05) is 24.3 Å². The fourth-order valence-corrected chi connectivity index (χ4v) is 6.67. The average Bonchev–Trinajstić information content (AvgIpc) is 2.82. The number of ether oxygens (including phenoxy) is 2. The predicted molar refractivity (Wildman–Crippen MR) is 118 cm³/mol. The van der Waals surface area contributed by atoms with Crippen molar-refractivity contribution in [3.63, 3.8) is 0 Å². The van der Waals surface area contributed by atoms with Crippen LogP contribution >= 0.6 is 0 Å². The first-order valence-corrected chi connectivity index (χ1v) is 12.1. The van der Waals surface area contributed by atoms with E-state index in [1.54, 1.807) is 0 Å². The van der Waals surface area contributed by atoms with E-state index >= 15 is 0 Å². The Morgan fingerprint density at radius 1 is 1.13 bits per heavy atom. The maximum atomic E-state index is 13.3. The summed E-state index contributed by atoms with van der Waals surface area (Å²) >= 11 is 0. The van der Waals surface area contributed by atoms with Crippen molar-refractivity contribution in [1.29, 1.82) is 0 Å². The third-order valence-electron chi connectivity index (χ3n) is 7.97. The number of piperidine rings is 3. The van der Waals surface area contributed by atoms with Crippen LogP contribution in [0.4, 0.5) is 4.79 Å². The molecule has 1 unspecified atom stereocenters. The number of carbonyl (C=O) groups excluding carboxylic acids is 1. The summed E-state index contributed by atoms with van der Waals surface area (Å²) in [4.78, 5) is 18.1. The standard InChI is InChI=1S/C25H33N3O3/c29-25(26-14-20-16-30-22-8-1-2-9-23(22)31-20)28-11-5-6-17-12-18-13-19(24(17)28)15-27-10-4-3-7-21(18)27/h1-2,8-9,12,18-21,24H,3-7,10-11,13-16H2,(H,26,29)/t18-,19-,20?,21+,24+/m1/s1. The third-order valence-corrected chi connectivity index (χ3v) is 7.97. The average molecular weight is 424 g/mol. The highest BCUT2D eigenvalue weighted by Crippen LogP contribution is 2.45. The molecule has 3 fully saturated rings. The summed E-state index contributed by atoms with van der Waals surface area (Å²) in [7, 11) is 0. The Morgan fingerprint density at radius 3 is 2.97 bits per heavy atom. The van der Waals surface area contributed by atoms with E-state index in [0.717, 1.165) is 43.5 Å². The van der Waals surface area contributed by atoms with Crippen LogP contribution < -0.4 is 14.8 Å². The Balaban J connectivity index is 1.13. The first-order valence-electron chi connectivity index (χ1n) is 12.1. The highest BCUT2D eigenvalue weighted by molar-refractivity contribution is 5.75. The van der Waals surface area contributed by atoms with Crippen molar-refractivity contribution in [2.75, 3.05) is 32.8 Å². The smallest absolute Gasteiger partial charge is 0.318 e. The first kappa shape index (κ1) is 19.5. The van der Waals surface area contributed by atoms with Gasteiger partial charge >= 0.3 is 6.03 Å². The molecule has 6 heteroatoms. The van der Waals surface area contributed by atoms with Gasteiger partial charge in [0.25, 0.3) is 0 Å². The number of nitrogens with zero attached hydrogens (tertiary/aromatic N) is 2. The van der Waals surface area contributed by atoms with Gasteiger partial charge in [-0.3, -0.25) is 4.90 Å². The second kappa shape index (κ2) is 8.05. The number of hydrogen-bond donors (Lipinski definition) is 1. The van der Waals surface area contributed by atoms with Gasteiger partial charge in [0.05, 0.1) is 12.6 Å². The van der Waals surface area contributed by atoms with Gasteiger partial charge in [-0.25, -0.2) is 4.79 Å². The maximum absolute atomic E-state index is 13.3. The number of urea groups is 1. The summed E-state index contributed by atoms with van der Waals surface area (Å²) in [5, 5.41) is 3.16. The maximum Gasteiger partial charge on any atom is 0.318 e. The Bertz CT molecular complexity index is 871. The number of rotatable bonds is 2. The van der Waals surface area contributed by atoms with Crippen LogP contribution in [-0.2, 0) is 0 Å². The van der Waals surface area contributed by atoms with E-state index in [9.17, 15) is 4.79 Å². The number of para-hydroxylation sites is 2.